The molecule has 1 saturated heterocycles. The lowest BCUT2D eigenvalue weighted by molar-refractivity contribution is -0.129. The number of carbonyl (C=O) groups is 1. The maximum atomic E-state index is 12.5. The van der Waals surface area contributed by atoms with E-state index in [1.54, 1.807) is 6.20 Å². The van der Waals surface area contributed by atoms with Gasteiger partial charge in [-0.1, -0.05) is 6.07 Å². The number of ether oxygens (including phenoxy) is 1. The molecule has 1 aromatic rings. The Bertz CT molecular complexity index is 468. The average Bonchev–Trinajstić information content (AvgIpc) is 2.51. The summed E-state index contributed by atoms with van der Waals surface area (Å²) in [6.07, 6.45) is 4.55. The molecule has 2 heterocycles. The second kappa shape index (κ2) is 6.54. The minimum Gasteiger partial charge on any atom is -0.393 e. The van der Waals surface area contributed by atoms with E-state index in [9.17, 15) is 9.90 Å². The smallest absolute Gasteiger partial charge is 0.223 e. The van der Waals surface area contributed by atoms with E-state index >= 15 is 0 Å². The molecule has 114 valence electrons. The van der Waals surface area contributed by atoms with Crippen molar-refractivity contribution in [1.29, 1.82) is 0 Å². The highest BCUT2D eigenvalue weighted by Crippen LogP contribution is 2.37. The predicted octanol–water partition coefficient (Wildman–Crippen LogP) is 1.44. The molecular weight excluding hydrogens is 268 g/mol. The summed E-state index contributed by atoms with van der Waals surface area (Å²) in [6, 6.07) is 5.66. The van der Waals surface area contributed by atoms with Gasteiger partial charge in [0.1, 0.15) is 0 Å². The summed E-state index contributed by atoms with van der Waals surface area (Å²) >= 11 is 0. The molecule has 2 fully saturated rings. The largest absolute Gasteiger partial charge is 0.393 e. The maximum Gasteiger partial charge on any atom is 0.223 e. The summed E-state index contributed by atoms with van der Waals surface area (Å²) in [5, 5.41) is 12.7. The van der Waals surface area contributed by atoms with E-state index in [0.29, 0.717) is 13.2 Å². The molecule has 1 saturated carbocycles. The Morgan fingerprint density at radius 1 is 1.33 bits per heavy atom. The lowest BCUT2D eigenvalue weighted by Crippen LogP contribution is -2.44. The highest BCUT2D eigenvalue weighted by atomic mass is 16.5. The third kappa shape index (κ3) is 3.41. The van der Waals surface area contributed by atoms with Crippen LogP contribution in [0.4, 0.5) is 0 Å². The molecule has 1 aliphatic carbocycles. The highest BCUT2D eigenvalue weighted by molar-refractivity contribution is 5.79. The fraction of sp³-hybridized carbons (Fsp3) is 0.625. The number of aliphatic hydroxyl groups excluding tert-OH is 1. The summed E-state index contributed by atoms with van der Waals surface area (Å²) in [5.74, 6) is 0.406. The third-order valence-electron chi connectivity index (χ3n) is 4.52. The first kappa shape index (κ1) is 14.5. The van der Waals surface area contributed by atoms with Crippen LogP contribution in [0.2, 0.25) is 0 Å². The Balaban J connectivity index is 1.68. The Morgan fingerprint density at radius 3 is 2.71 bits per heavy atom. The summed E-state index contributed by atoms with van der Waals surface area (Å²) in [5.41, 5.74) is 0.884. The minimum absolute atomic E-state index is 0.0370. The SMILES string of the molecule is O=C(N[C@H](c1ccccn1)C1CC(O)C1)C1CCOCC1. The van der Waals surface area contributed by atoms with Gasteiger partial charge >= 0.3 is 0 Å². The monoisotopic (exact) mass is 290 g/mol. The molecule has 5 heteroatoms. The summed E-state index contributed by atoms with van der Waals surface area (Å²) in [7, 11) is 0. The highest BCUT2D eigenvalue weighted by Gasteiger charge is 2.37. The number of nitrogens with one attached hydrogen (secondary N) is 1. The van der Waals surface area contributed by atoms with Crippen molar-refractivity contribution in [2.45, 2.75) is 37.8 Å². The minimum atomic E-state index is -0.235. The van der Waals surface area contributed by atoms with E-state index in [-0.39, 0.29) is 29.9 Å². The van der Waals surface area contributed by atoms with Crippen molar-refractivity contribution in [2.24, 2.45) is 11.8 Å². The Hall–Kier alpha value is -1.46. The van der Waals surface area contributed by atoms with Gasteiger partial charge in [0.2, 0.25) is 5.91 Å². The van der Waals surface area contributed by atoms with Gasteiger partial charge in [-0.2, -0.15) is 0 Å². The molecule has 0 spiro atoms. The molecule has 2 aliphatic rings. The number of carbonyl (C=O) groups excluding carboxylic acids is 1. The summed E-state index contributed by atoms with van der Waals surface area (Å²) < 4.78 is 5.31. The number of nitrogens with zero attached hydrogens (tertiary/aromatic N) is 1. The first-order valence-electron chi connectivity index (χ1n) is 7.71. The predicted molar refractivity (Wildman–Crippen MR) is 77.4 cm³/mol. The molecule has 0 unspecified atom stereocenters. The normalized spacial score (nSPS) is 27.7. The van der Waals surface area contributed by atoms with Crippen molar-refractivity contribution in [2.75, 3.05) is 13.2 Å². The second-order valence-corrected chi connectivity index (χ2v) is 6.01. The lowest BCUT2D eigenvalue weighted by Gasteiger charge is -2.38. The van der Waals surface area contributed by atoms with Crippen LogP contribution in [-0.2, 0) is 9.53 Å². The van der Waals surface area contributed by atoms with Crippen LogP contribution < -0.4 is 5.32 Å². The van der Waals surface area contributed by atoms with Gasteiger partial charge < -0.3 is 15.2 Å². The second-order valence-electron chi connectivity index (χ2n) is 6.01. The molecule has 3 rings (SSSR count). The molecule has 0 bridgehead atoms. The van der Waals surface area contributed by atoms with E-state index in [1.165, 1.54) is 0 Å². The van der Waals surface area contributed by atoms with Crippen LogP contribution in [0.25, 0.3) is 0 Å². The number of amides is 1. The molecule has 1 atom stereocenters. The van der Waals surface area contributed by atoms with Crippen molar-refractivity contribution >= 4 is 5.91 Å². The van der Waals surface area contributed by atoms with Gasteiger partial charge in [-0.05, 0) is 43.7 Å². The van der Waals surface area contributed by atoms with Crippen molar-refractivity contribution in [3.63, 3.8) is 0 Å². The molecule has 1 amide bonds. The number of aliphatic hydroxyl groups is 1. The maximum absolute atomic E-state index is 12.5. The van der Waals surface area contributed by atoms with E-state index in [4.69, 9.17) is 4.74 Å². The number of hydrogen-bond donors (Lipinski definition) is 2. The van der Waals surface area contributed by atoms with Crippen LogP contribution >= 0.6 is 0 Å². The van der Waals surface area contributed by atoms with E-state index in [1.807, 2.05) is 18.2 Å². The third-order valence-corrected chi connectivity index (χ3v) is 4.52. The van der Waals surface area contributed by atoms with Crippen molar-refractivity contribution in [3.05, 3.63) is 30.1 Å². The zero-order valence-electron chi connectivity index (χ0n) is 12.1. The number of pyridine rings is 1. The van der Waals surface area contributed by atoms with E-state index in [2.05, 4.69) is 10.3 Å². The van der Waals surface area contributed by atoms with Crippen LogP contribution in [0.3, 0.4) is 0 Å². The molecule has 2 N–H and O–H groups in total. The van der Waals surface area contributed by atoms with Crippen LogP contribution in [0.5, 0.6) is 0 Å². The number of aromatic nitrogens is 1. The average molecular weight is 290 g/mol. The standard InChI is InChI=1S/C16H22N2O3/c19-13-9-12(10-13)15(14-3-1-2-6-17-14)18-16(20)11-4-7-21-8-5-11/h1-3,6,11-13,15,19H,4-5,7-10H2,(H,18,20)/t12?,13?,15-/m0/s1. The fourth-order valence-electron chi connectivity index (χ4n) is 3.13. The lowest BCUT2D eigenvalue weighted by atomic mass is 9.76. The summed E-state index contributed by atoms with van der Waals surface area (Å²) in [6.45, 7) is 1.32. The van der Waals surface area contributed by atoms with Crippen LogP contribution in [0.1, 0.15) is 37.4 Å². The quantitative estimate of drug-likeness (QED) is 0.880. The van der Waals surface area contributed by atoms with Crippen LogP contribution in [0.15, 0.2) is 24.4 Å². The van der Waals surface area contributed by atoms with Gasteiger partial charge in [0.15, 0.2) is 0 Å². The van der Waals surface area contributed by atoms with Crippen LogP contribution in [-0.4, -0.2) is 35.3 Å². The zero-order valence-corrected chi connectivity index (χ0v) is 12.1. The first-order valence-corrected chi connectivity index (χ1v) is 7.71. The van der Waals surface area contributed by atoms with Crippen molar-refractivity contribution in [3.8, 4) is 0 Å². The molecule has 0 aromatic carbocycles. The van der Waals surface area contributed by atoms with Gasteiger partial charge in [-0.15, -0.1) is 0 Å². The van der Waals surface area contributed by atoms with Gasteiger partial charge in [0.05, 0.1) is 17.8 Å². The number of hydrogen-bond acceptors (Lipinski definition) is 4. The summed E-state index contributed by atoms with van der Waals surface area (Å²) in [4.78, 5) is 16.8. The van der Waals surface area contributed by atoms with Crippen molar-refractivity contribution in [1.82, 2.24) is 10.3 Å². The number of rotatable bonds is 4. The molecule has 1 aromatic heterocycles. The van der Waals surface area contributed by atoms with Gasteiger partial charge in [-0.25, -0.2) is 0 Å². The molecule has 0 radical (unpaired) electrons. The molecule has 1 aliphatic heterocycles. The fourth-order valence-corrected chi connectivity index (χ4v) is 3.13. The van der Waals surface area contributed by atoms with Gasteiger partial charge in [0, 0.05) is 25.3 Å². The Labute approximate surface area is 124 Å². The molecule has 21 heavy (non-hydrogen) atoms. The van der Waals surface area contributed by atoms with Crippen molar-refractivity contribution < 1.29 is 14.6 Å². The molecular formula is C16H22N2O3. The van der Waals surface area contributed by atoms with E-state index in [0.717, 1.165) is 31.4 Å². The Kier molecular flexibility index (Phi) is 4.51. The zero-order chi connectivity index (χ0) is 14.7. The van der Waals surface area contributed by atoms with E-state index < -0.39 is 0 Å². The Morgan fingerprint density at radius 2 is 2.10 bits per heavy atom. The van der Waals surface area contributed by atoms with Gasteiger partial charge in [-0.3, -0.25) is 9.78 Å². The molecule has 5 nitrogen and oxygen atoms in total. The van der Waals surface area contributed by atoms with Gasteiger partial charge in [0.25, 0.3) is 0 Å². The topological polar surface area (TPSA) is 71.5 Å². The van der Waals surface area contributed by atoms with Crippen LogP contribution in [0, 0.1) is 11.8 Å². The first-order chi connectivity index (χ1) is 10.2.